The molecule has 0 aliphatic heterocycles. The molecule has 2 rings (SSSR count). The lowest BCUT2D eigenvalue weighted by Crippen LogP contribution is -1.77. The molecule has 0 saturated carbocycles. The van der Waals surface area contributed by atoms with Crippen LogP contribution in [0.3, 0.4) is 0 Å². The van der Waals surface area contributed by atoms with Gasteiger partial charge in [0.05, 0.1) is 4.60 Å². The molecule has 0 spiro atoms. The highest BCUT2D eigenvalue weighted by molar-refractivity contribution is 9.10. The van der Waals surface area contributed by atoms with Crippen LogP contribution in [0.2, 0.25) is 0 Å². The summed E-state index contributed by atoms with van der Waals surface area (Å²) in [6.45, 7) is 0. The first-order valence-electron chi connectivity index (χ1n) is 3.61. The summed E-state index contributed by atoms with van der Waals surface area (Å²) < 4.78 is 0.987. The Bertz CT molecular complexity index is 367. The van der Waals surface area contributed by atoms with E-state index in [0.29, 0.717) is 0 Å². The first-order chi connectivity index (χ1) is 5.86. The second kappa shape index (κ2) is 3.11. The first kappa shape index (κ1) is 7.55. The lowest BCUT2D eigenvalue weighted by Gasteiger charge is -1.94. The van der Waals surface area contributed by atoms with E-state index in [9.17, 15) is 0 Å². The summed E-state index contributed by atoms with van der Waals surface area (Å²) in [4.78, 5) is 7.20. The van der Waals surface area contributed by atoms with E-state index in [-0.39, 0.29) is 0 Å². The zero-order chi connectivity index (χ0) is 8.39. The van der Waals surface area contributed by atoms with Gasteiger partial charge in [-0.05, 0) is 40.2 Å². The Kier molecular flexibility index (Phi) is 1.96. The van der Waals surface area contributed by atoms with Crippen molar-refractivity contribution in [1.82, 2.24) is 9.97 Å². The van der Waals surface area contributed by atoms with Gasteiger partial charge in [0.1, 0.15) is 0 Å². The predicted octanol–water partition coefficient (Wildman–Crippen LogP) is 2.84. The number of H-pyrrole nitrogens is 1. The largest absolute Gasteiger partial charge is 0.349 e. The van der Waals surface area contributed by atoms with E-state index in [2.05, 4.69) is 25.9 Å². The van der Waals surface area contributed by atoms with Gasteiger partial charge in [0.2, 0.25) is 0 Å². The van der Waals surface area contributed by atoms with Gasteiger partial charge in [0, 0.05) is 23.7 Å². The summed E-state index contributed by atoms with van der Waals surface area (Å²) in [5, 5.41) is 0. The third kappa shape index (κ3) is 1.41. The van der Waals surface area contributed by atoms with Crippen LogP contribution in [0.1, 0.15) is 0 Å². The van der Waals surface area contributed by atoms with E-state index < -0.39 is 0 Å². The van der Waals surface area contributed by atoms with Crippen LogP contribution < -0.4 is 0 Å². The summed E-state index contributed by atoms with van der Waals surface area (Å²) in [7, 11) is 0. The van der Waals surface area contributed by atoms with Crippen molar-refractivity contribution in [3.05, 3.63) is 41.3 Å². The van der Waals surface area contributed by atoms with Crippen LogP contribution in [0.25, 0.3) is 11.3 Å². The minimum atomic E-state index is 0.987. The number of hydrogen-bond acceptors (Lipinski definition) is 1. The molecule has 1 N–H and O–H groups in total. The second-order valence-electron chi connectivity index (χ2n) is 2.46. The number of rotatable bonds is 1. The van der Waals surface area contributed by atoms with E-state index in [0.717, 1.165) is 15.9 Å². The molecule has 0 bridgehead atoms. The second-order valence-corrected chi connectivity index (χ2v) is 3.32. The van der Waals surface area contributed by atoms with Gasteiger partial charge in [-0.1, -0.05) is 0 Å². The minimum Gasteiger partial charge on any atom is -0.349 e. The molecule has 3 heteroatoms. The lowest BCUT2D eigenvalue weighted by molar-refractivity contribution is 1.29. The van der Waals surface area contributed by atoms with E-state index in [1.807, 2.05) is 30.5 Å². The topological polar surface area (TPSA) is 28.7 Å². The van der Waals surface area contributed by atoms with Crippen molar-refractivity contribution < 1.29 is 0 Å². The smallest absolute Gasteiger partial charge is 0.0824 e. The summed E-state index contributed by atoms with van der Waals surface area (Å²) in [6.07, 6.45) is 3.60. The number of hydrogen-bond donors (Lipinski definition) is 1. The number of pyridine rings is 1. The maximum Gasteiger partial charge on any atom is 0.0824 e. The van der Waals surface area contributed by atoms with Crippen LogP contribution in [-0.2, 0) is 0 Å². The molecule has 2 aromatic rings. The molecule has 0 radical (unpaired) electrons. The van der Waals surface area contributed by atoms with Crippen molar-refractivity contribution in [2.75, 3.05) is 0 Å². The molecule has 0 unspecified atom stereocenters. The molecule has 2 heterocycles. The van der Waals surface area contributed by atoms with Crippen molar-refractivity contribution in [1.29, 1.82) is 0 Å². The molecule has 0 aromatic carbocycles. The Morgan fingerprint density at radius 2 is 2.17 bits per heavy atom. The molecule has 0 aliphatic carbocycles. The van der Waals surface area contributed by atoms with Crippen LogP contribution in [0, 0.1) is 0 Å². The van der Waals surface area contributed by atoms with Gasteiger partial charge in [-0.15, -0.1) is 0 Å². The minimum absolute atomic E-state index is 0.987. The van der Waals surface area contributed by atoms with Crippen LogP contribution >= 0.6 is 15.9 Å². The summed E-state index contributed by atoms with van der Waals surface area (Å²) >= 11 is 3.35. The van der Waals surface area contributed by atoms with Gasteiger partial charge in [-0.25, -0.2) is 0 Å². The van der Waals surface area contributed by atoms with E-state index in [4.69, 9.17) is 0 Å². The molecule has 2 aromatic heterocycles. The monoisotopic (exact) mass is 222 g/mol. The highest BCUT2D eigenvalue weighted by Gasteiger charge is 1.97. The van der Waals surface area contributed by atoms with Gasteiger partial charge in [-0.3, -0.25) is 4.98 Å². The zero-order valence-corrected chi connectivity index (χ0v) is 7.88. The average Bonchev–Trinajstić information content (AvgIpc) is 2.54. The van der Waals surface area contributed by atoms with Gasteiger partial charge < -0.3 is 4.98 Å². The van der Waals surface area contributed by atoms with Crippen LogP contribution in [0.5, 0.6) is 0 Å². The van der Waals surface area contributed by atoms with Gasteiger partial charge >= 0.3 is 0 Å². The van der Waals surface area contributed by atoms with Crippen molar-refractivity contribution in [3.8, 4) is 11.3 Å². The number of nitrogens with one attached hydrogen (secondary N) is 1. The van der Waals surface area contributed by atoms with Crippen LogP contribution in [-0.4, -0.2) is 9.97 Å². The normalized spacial score (nSPS) is 10.1. The molecule has 60 valence electrons. The van der Waals surface area contributed by atoms with E-state index in [1.54, 1.807) is 6.20 Å². The Labute approximate surface area is 78.8 Å². The Morgan fingerprint density at radius 3 is 2.75 bits per heavy atom. The standard InChI is InChI=1S/C9H7BrN2/c10-9-4-3-8(12-9)7-2-1-5-11-6-7/h1-6,12H. The summed E-state index contributed by atoms with van der Waals surface area (Å²) in [6, 6.07) is 7.93. The maximum absolute atomic E-state index is 4.04. The fourth-order valence-corrected chi connectivity index (χ4v) is 1.40. The van der Waals surface area contributed by atoms with E-state index in [1.165, 1.54) is 0 Å². The molecule has 0 atom stereocenters. The molecule has 0 saturated heterocycles. The molecular weight excluding hydrogens is 216 g/mol. The fourth-order valence-electron chi connectivity index (χ4n) is 1.06. The molecule has 0 aliphatic rings. The zero-order valence-electron chi connectivity index (χ0n) is 6.29. The van der Waals surface area contributed by atoms with Crippen LogP contribution in [0.15, 0.2) is 41.3 Å². The summed E-state index contributed by atoms with van der Waals surface area (Å²) in [5.74, 6) is 0. The first-order valence-corrected chi connectivity index (χ1v) is 4.40. The summed E-state index contributed by atoms with van der Waals surface area (Å²) in [5.41, 5.74) is 2.18. The van der Waals surface area contributed by atoms with Crippen LogP contribution in [0.4, 0.5) is 0 Å². The number of halogens is 1. The third-order valence-corrected chi connectivity index (χ3v) is 2.09. The fraction of sp³-hybridized carbons (Fsp3) is 0. The van der Waals surface area contributed by atoms with Gasteiger partial charge in [-0.2, -0.15) is 0 Å². The van der Waals surface area contributed by atoms with Gasteiger partial charge in [0.15, 0.2) is 0 Å². The molecular formula is C9H7BrN2. The van der Waals surface area contributed by atoms with Crippen molar-refractivity contribution in [3.63, 3.8) is 0 Å². The highest BCUT2D eigenvalue weighted by Crippen LogP contribution is 2.19. The number of aromatic nitrogens is 2. The maximum atomic E-state index is 4.04. The molecule has 2 nitrogen and oxygen atoms in total. The SMILES string of the molecule is Brc1ccc(-c2cccnc2)[nH]1. The van der Waals surface area contributed by atoms with E-state index >= 15 is 0 Å². The van der Waals surface area contributed by atoms with Gasteiger partial charge in [0.25, 0.3) is 0 Å². The van der Waals surface area contributed by atoms with Crippen molar-refractivity contribution >= 4 is 15.9 Å². The number of aromatic amines is 1. The average molecular weight is 223 g/mol. The Balaban J connectivity index is 2.45. The third-order valence-electron chi connectivity index (χ3n) is 1.62. The van der Waals surface area contributed by atoms with Crippen molar-refractivity contribution in [2.24, 2.45) is 0 Å². The Hall–Kier alpha value is -1.09. The predicted molar refractivity (Wildman–Crippen MR) is 51.7 cm³/mol. The van der Waals surface area contributed by atoms with Crippen molar-refractivity contribution in [2.45, 2.75) is 0 Å². The molecule has 0 amide bonds. The highest BCUT2D eigenvalue weighted by atomic mass is 79.9. The molecule has 12 heavy (non-hydrogen) atoms. The number of nitrogens with zero attached hydrogens (tertiary/aromatic N) is 1. The Morgan fingerprint density at radius 1 is 1.25 bits per heavy atom. The lowest BCUT2D eigenvalue weighted by atomic mass is 10.2. The molecule has 0 fully saturated rings. The quantitative estimate of drug-likeness (QED) is 0.791.